The zero-order valence-corrected chi connectivity index (χ0v) is 15.3. The maximum absolute atomic E-state index is 12.4. The van der Waals surface area contributed by atoms with Crippen molar-refractivity contribution in [3.8, 4) is 6.07 Å². The van der Waals surface area contributed by atoms with Gasteiger partial charge in [-0.05, 0) is 18.6 Å². The lowest BCUT2D eigenvalue weighted by atomic mass is 9.76. The molecule has 0 aliphatic carbocycles. The molecule has 1 aliphatic rings. The summed E-state index contributed by atoms with van der Waals surface area (Å²) in [4.78, 5) is 12.4. The number of nitriles is 1. The Hall–Kier alpha value is -3.32. The summed E-state index contributed by atoms with van der Waals surface area (Å²) in [6, 6.07) is 20.1. The monoisotopic (exact) mass is 356 g/mol. The topological polar surface area (TPSA) is 55.0 Å². The van der Waals surface area contributed by atoms with Crippen LogP contribution >= 0.6 is 0 Å². The number of hydrogen-bond donors (Lipinski definition) is 0. The summed E-state index contributed by atoms with van der Waals surface area (Å²) in [6.07, 6.45) is 2.04. The normalized spacial score (nSPS) is 19.6. The van der Waals surface area contributed by atoms with E-state index in [1.807, 2.05) is 55.7 Å². The first-order valence-electron chi connectivity index (χ1n) is 8.98. The number of allylic oxidation sites excluding steroid dienone is 1. The molecular formula is C23H20N2O2. The van der Waals surface area contributed by atoms with Crippen LogP contribution in [0, 0.1) is 17.2 Å². The van der Waals surface area contributed by atoms with Gasteiger partial charge in [0.15, 0.2) is 0 Å². The molecule has 0 saturated carbocycles. The lowest BCUT2D eigenvalue weighted by Crippen LogP contribution is -2.30. The van der Waals surface area contributed by atoms with Crippen molar-refractivity contribution in [2.24, 2.45) is 13.0 Å². The summed E-state index contributed by atoms with van der Waals surface area (Å²) >= 11 is 0. The third kappa shape index (κ3) is 2.82. The van der Waals surface area contributed by atoms with Crippen LogP contribution in [-0.4, -0.2) is 17.0 Å². The van der Waals surface area contributed by atoms with Crippen LogP contribution in [0.2, 0.25) is 0 Å². The van der Waals surface area contributed by atoms with Gasteiger partial charge in [-0.25, -0.2) is 0 Å². The first-order chi connectivity index (χ1) is 13.1. The zero-order chi connectivity index (χ0) is 19.0. The number of nitrogens with zero attached hydrogens (tertiary/aromatic N) is 2. The molecule has 0 spiro atoms. The molecule has 4 nitrogen and oxygen atoms in total. The number of rotatable bonds is 3. The van der Waals surface area contributed by atoms with Gasteiger partial charge in [0.2, 0.25) is 0 Å². The highest BCUT2D eigenvalue weighted by atomic mass is 16.5. The van der Waals surface area contributed by atoms with Gasteiger partial charge in [-0.1, -0.05) is 48.5 Å². The second kappa shape index (κ2) is 6.77. The van der Waals surface area contributed by atoms with Gasteiger partial charge in [0.05, 0.1) is 24.2 Å². The minimum absolute atomic E-state index is 0.0350. The number of ketones is 1. The molecule has 3 aromatic rings. The minimum atomic E-state index is -0.377. The summed E-state index contributed by atoms with van der Waals surface area (Å²) in [5.41, 5.74) is 3.46. The number of Topliss-reactive ketones (excluding diaryl/α,β-unsaturated/α-hetero) is 1. The fourth-order valence-electron chi connectivity index (χ4n) is 3.98. The minimum Gasteiger partial charge on any atom is -0.491 e. The Morgan fingerprint density at radius 2 is 1.85 bits per heavy atom. The molecule has 1 aliphatic heterocycles. The summed E-state index contributed by atoms with van der Waals surface area (Å²) in [7, 11) is 1.99. The van der Waals surface area contributed by atoms with Crippen LogP contribution in [0.5, 0.6) is 0 Å². The smallest absolute Gasteiger partial charge is 0.140 e. The average Bonchev–Trinajstić information content (AvgIpc) is 3.04. The number of hydrogen-bond acceptors (Lipinski definition) is 3. The Labute approximate surface area is 158 Å². The van der Waals surface area contributed by atoms with Crippen molar-refractivity contribution >= 4 is 22.4 Å². The summed E-state index contributed by atoms with van der Waals surface area (Å²) in [5.74, 6) is -0.0817. The highest BCUT2D eigenvalue weighted by Gasteiger charge is 2.39. The van der Waals surface area contributed by atoms with Crippen molar-refractivity contribution < 1.29 is 9.53 Å². The van der Waals surface area contributed by atoms with Crippen LogP contribution in [0.1, 0.15) is 24.0 Å². The number of aryl methyl sites for hydroxylation is 1. The average molecular weight is 356 g/mol. The van der Waals surface area contributed by atoms with E-state index in [1.54, 1.807) is 6.92 Å². The molecule has 0 amide bonds. The van der Waals surface area contributed by atoms with E-state index >= 15 is 0 Å². The van der Waals surface area contributed by atoms with Gasteiger partial charge in [-0.2, -0.15) is 5.26 Å². The number of para-hydroxylation sites is 1. The predicted molar refractivity (Wildman–Crippen MR) is 105 cm³/mol. The van der Waals surface area contributed by atoms with E-state index in [2.05, 4.69) is 22.8 Å². The number of ether oxygens (including phenoxy) is 1. The largest absolute Gasteiger partial charge is 0.491 e. The van der Waals surface area contributed by atoms with Crippen LogP contribution in [0.15, 0.2) is 66.4 Å². The summed E-state index contributed by atoms with van der Waals surface area (Å²) in [6.45, 7) is 1.85. The molecule has 4 heteroatoms. The SMILES string of the molecule is CC(=O)[C@H]1COC(c2ccccc2)=C(C#N)[C@@H]1c1cn(C)c2ccccc12. The van der Waals surface area contributed by atoms with E-state index in [9.17, 15) is 10.1 Å². The fraction of sp³-hybridized carbons (Fsp3) is 0.217. The Kier molecular flexibility index (Phi) is 4.29. The number of carbonyl (C=O) groups excluding carboxylic acids is 1. The quantitative estimate of drug-likeness (QED) is 0.697. The van der Waals surface area contributed by atoms with Gasteiger partial charge in [-0.15, -0.1) is 0 Å². The van der Waals surface area contributed by atoms with Gasteiger partial charge in [0.25, 0.3) is 0 Å². The molecule has 27 heavy (non-hydrogen) atoms. The van der Waals surface area contributed by atoms with Gasteiger partial charge in [0.1, 0.15) is 11.5 Å². The molecule has 2 heterocycles. The van der Waals surface area contributed by atoms with E-state index in [0.717, 1.165) is 22.0 Å². The lowest BCUT2D eigenvalue weighted by molar-refractivity contribution is -0.122. The van der Waals surface area contributed by atoms with Crippen LogP contribution < -0.4 is 0 Å². The van der Waals surface area contributed by atoms with Crippen molar-refractivity contribution in [3.05, 3.63) is 77.5 Å². The van der Waals surface area contributed by atoms with Crippen LogP contribution in [0.25, 0.3) is 16.7 Å². The molecule has 4 rings (SSSR count). The molecule has 0 unspecified atom stereocenters. The van der Waals surface area contributed by atoms with Gasteiger partial charge in [0, 0.05) is 35.6 Å². The molecule has 134 valence electrons. The highest BCUT2D eigenvalue weighted by Crippen LogP contribution is 2.44. The molecule has 0 saturated heterocycles. The number of benzene rings is 2. The first kappa shape index (κ1) is 17.1. The Morgan fingerprint density at radius 3 is 2.56 bits per heavy atom. The molecule has 2 aromatic carbocycles. The van der Waals surface area contributed by atoms with Crippen LogP contribution in [0.4, 0.5) is 0 Å². The zero-order valence-electron chi connectivity index (χ0n) is 15.3. The van der Waals surface area contributed by atoms with E-state index in [4.69, 9.17) is 4.74 Å². The summed E-state index contributed by atoms with van der Waals surface area (Å²) in [5, 5.41) is 11.1. The second-order valence-corrected chi connectivity index (χ2v) is 6.94. The van der Waals surface area contributed by atoms with Crippen molar-refractivity contribution in [1.82, 2.24) is 4.57 Å². The van der Waals surface area contributed by atoms with E-state index in [0.29, 0.717) is 11.3 Å². The standard InChI is InChI=1S/C23H20N2O2/c1-15(26)20-14-27-23(16-8-4-3-5-9-16)18(12-24)22(20)19-13-25(2)21-11-7-6-10-17(19)21/h3-11,13,20,22H,14H2,1-2H3/t20-,22-/m1/s1. The van der Waals surface area contributed by atoms with Crippen molar-refractivity contribution in [1.29, 1.82) is 5.26 Å². The van der Waals surface area contributed by atoms with E-state index in [1.165, 1.54) is 0 Å². The van der Waals surface area contributed by atoms with Crippen molar-refractivity contribution in [3.63, 3.8) is 0 Å². The third-order valence-electron chi connectivity index (χ3n) is 5.31. The number of fused-ring (bicyclic) bond motifs is 1. The first-order valence-corrected chi connectivity index (χ1v) is 8.98. The second-order valence-electron chi connectivity index (χ2n) is 6.94. The number of aromatic nitrogens is 1. The molecule has 0 fully saturated rings. The van der Waals surface area contributed by atoms with Gasteiger partial charge < -0.3 is 9.30 Å². The molecule has 0 bridgehead atoms. The summed E-state index contributed by atoms with van der Waals surface area (Å²) < 4.78 is 7.99. The molecule has 0 N–H and O–H groups in total. The predicted octanol–water partition coefficient (Wildman–Crippen LogP) is 4.43. The van der Waals surface area contributed by atoms with E-state index < -0.39 is 0 Å². The lowest BCUT2D eigenvalue weighted by Gasteiger charge is -2.32. The van der Waals surface area contributed by atoms with Crippen molar-refractivity contribution in [2.45, 2.75) is 12.8 Å². The molecular weight excluding hydrogens is 336 g/mol. The van der Waals surface area contributed by atoms with Crippen molar-refractivity contribution in [2.75, 3.05) is 6.61 Å². The van der Waals surface area contributed by atoms with E-state index in [-0.39, 0.29) is 24.2 Å². The fourth-order valence-corrected chi connectivity index (χ4v) is 3.98. The Bertz CT molecular complexity index is 1090. The third-order valence-corrected chi connectivity index (χ3v) is 5.31. The maximum atomic E-state index is 12.4. The Balaban J connectivity index is 1.98. The van der Waals surface area contributed by atoms with Gasteiger partial charge >= 0.3 is 0 Å². The maximum Gasteiger partial charge on any atom is 0.140 e. The molecule has 0 radical (unpaired) electrons. The Morgan fingerprint density at radius 1 is 1.15 bits per heavy atom. The highest BCUT2D eigenvalue weighted by molar-refractivity contribution is 5.89. The molecule has 2 atom stereocenters. The van der Waals surface area contributed by atoms with Gasteiger partial charge in [-0.3, -0.25) is 4.79 Å². The van der Waals surface area contributed by atoms with Crippen LogP contribution in [0.3, 0.4) is 0 Å². The van der Waals surface area contributed by atoms with Crippen LogP contribution in [-0.2, 0) is 16.6 Å². The number of carbonyl (C=O) groups is 1. The molecule has 1 aromatic heterocycles.